The van der Waals surface area contributed by atoms with Crippen LogP contribution in [0.4, 0.5) is 0 Å². The number of hydrogen-bond acceptors (Lipinski definition) is 6. The zero-order valence-electron chi connectivity index (χ0n) is 15.2. The topological polar surface area (TPSA) is 79.7 Å². The molecule has 3 rings (SSSR count). The van der Waals surface area contributed by atoms with Crippen LogP contribution in [-0.2, 0) is 11.3 Å². The maximum absolute atomic E-state index is 12.5. The summed E-state index contributed by atoms with van der Waals surface area (Å²) in [6.45, 7) is 2.13. The maximum Gasteiger partial charge on any atom is 0.311 e. The monoisotopic (exact) mass is 368 g/mol. The first-order valence-electron chi connectivity index (χ1n) is 8.59. The van der Waals surface area contributed by atoms with E-state index in [1.54, 1.807) is 37.4 Å². The molecule has 0 fully saturated rings. The number of esters is 1. The van der Waals surface area contributed by atoms with Gasteiger partial charge in [0.25, 0.3) is 5.56 Å². The first-order valence-corrected chi connectivity index (χ1v) is 8.59. The van der Waals surface area contributed by atoms with Crippen LogP contribution in [0.5, 0.6) is 17.2 Å². The van der Waals surface area contributed by atoms with Crippen LogP contribution in [0.1, 0.15) is 13.3 Å². The second-order valence-electron chi connectivity index (χ2n) is 5.72. The van der Waals surface area contributed by atoms with Crippen molar-refractivity contribution in [2.45, 2.75) is 19.9 Å². The van der Waals surface area contributed by atoms with Crippen molar-refractivity contribution in [3.63, 3.8) is 0 Å². The molecule has 7 nitrogen and oxygen atoms in total. The fraction of sp³-hybridized carbons (Fsp3) is 0.250. The predicted molar refractivity (Wildman–Crippen MR) is 100 cm³/mol. The Labute approximate surface area is 156 Å². The Morgan fingerprint density at radius 2 is 1.89 bits per heavy atom. The van der Waals surface area contributed by atoms with Crippen molar-refractivity contribution in [2.75, 3.05) is 13.7 Å². The molecule has 2 aromatic carbocycles. The van der Waals surface area contributed by atoms with Crippen molar-refractivity contribution in [2.24, 2.45) is 0 Å². The van der Waals surface area contributed by atoms with E-state index in [0.29, 0.717) is 16.9 Å². The molecule has 0 aliphatic heterocycles. The number of benzene rings is 2. The van der Waals surface area contributed by atoms with E-state index in [1.807, 2.05) is 18.2 Å². The summed E-state index contributed by atoms with van der Waals surface area (Å²) in [5, 5.41) is 5.57. The highest BCUT2D eigenvalue weighted by Gasteiger charge is 2.15. The van der Waals surface area contributed by atoms with Gasteiger partial charge in [0.05, 0.1) is 25.2 Å². The third-order valence-electron chi connectivity index (χ3n) is 3.99. The number of hydrogen-bond donors (Lipinski definition) is 0. The second-order valence-corrected chi connectivity index (χ2v) is 5.72. The van der Waals surface area contributed by atoms with Crippen LogP contribution in [0.2, 0.25) is 0 Å². The molecule has 1 heterocycles. The van der Waals surface area contributed by atoms with Crippen LogP contribution >= 0.6 is 0 Å². The maximum atomic E-state index is 12.5. The molecule has 1 aromatic heterocycles. The van der Waals surface area contributed by atoms with Gasteiger partial charge in [0.1, 0.15) is 6.61 Å². The van der Waals surface area contributed by atoms with E-state index in [4.69, 9.17) is 14.2 Å². The minimum absolute atomic E-state index is 0.176. The normalized spacial score (nSPS) is 10.6. The van der Waals surface area contributed by atoms with E-state index >= 15 is 0 Å². The van der Waals surface area contributed by atoms with E-state index in [-0.39, 0.29) is 30.9 Å². The lowest BCUT2D eigenvalue weighted by molar-refractivity contribution is -0.134. The molecule has 0 aliphatic carbocycles. The van der Waals surface area contributed by atoms with E-state index in [0.717, 1.165) is 5.39 Å². The Hall–Kier alpha value is -3.35. The quantitative estimate of drug-likeness (QED) is 0.471. The number of para-hydroxylation sites is 1. The average molecular weight is 368 g/mol. The minimum atomic E-state index is -0.392. The van der Waals surface area contributed by atoms with E-state index in [9.17, 15) is 9.59 Å². The van der Waals surface area contributed by atoms with Crippen LogP contribution in [0.15, 0.2) is 53.5 Å². The average Bonchev–Trinajstić information content (AvgIpc) is 2.70. The highest BCUT2D eigenvalue weighted by Crippen LogP contribution is 2.37. The summed E-state index contributed by atoms with van der Waals surface area (Å²) in [6.07, 6.45) is 1.88. The lowest BCUT2D eigenvalue weighted by Gasteiger charge is -2.14. The summed E-state index contributed by atoms with van der Waals surface area (Å²) in [4.78, 5) is 24.2. The Morgan fingerprint density at radius 1 is 1.11 bits per heavy atom. The number of nitrogens with zero attached hydrogens (tertiary/aromatic N) is 2. The number of methoxy groups -OCH3 is 1. The molecular weight excluding hydrogens is 348 g/mol. The number of fused-ring (bicyclic) bond motifs is 1. The van der Waals surface area contributed by atoms with Gasteiger partial charge in [-0.1, -0.05) is 31.2 Å². The van der Waals surface area contributed by atoms with Gasteiger partial charge in [0.2, 0.25) is 5.75 Å². The molecular formula is C20H20N2O5. The summed E-state index contributed by atoms with van der Waals surface area (Å²) in [6, 6.07) is 12.4. The molecule has 0 radical (unpaired) electrons. The number of carbonyl (C=O) groups is 1. The first kappa shape index (κ1) is 18.4. The Morgan fingerprint density at radius 3 is 2.67 bits per heavy atom. The largest absolute Gasteiger partial charge is 0.493 e. The Bertz CT molecular complexity index is 1010. The summed E-state index contributed by atoms with van der Waals surface area (Å²) in [5.74, 6) is 0.600. The number of rotatable bonds is 7. The van der Waals surface area contributed by atoms with Crippen molar-refractivity contribution in [1.29, 1.82) is 0 Å². The molecule has 27 heavy (non-hydrogen) atoms. The fourth-order valence-electron chi connectivity index (χ4n) is 2.59. The molecule has 0 spiro atoms. The summed E-state index contributed by atoms with van der Waals surface area (Å²) in [7, 11) is 1.49. The van der Waals surface area contributed by atoms with E-state index in [2.05, 4.69) is 5.10 Å². The zero-order valence-corrected chi connectivity index (χ0v) is 15.2. The SMILES string of the molecule is CCC(=O)Oc1c(OC)cccc1OCCn1ncc2ccccc2c1=O. The molecule has 0 saturated carbocycles. The number of carbonyl (C=O) groups excluding carboxylic acids is 1. The molecule has 0 amide bonds. The molecule has 7 heteroatoms. The van der Waals surface area contributed by atoms with Gasteiger partial charge in [-0.2, -0.15) is 5.10 Å². The van der Waals surface area contributed by atoms with E-state index < -0.39 is 5.97 Å². The highest BCUT2D eigenvalue weighted by molar-refractivity contribution is 5.80. The van der Waals surface area contributed by atoms with Crippen LogP contribution in [0.25, 0.3) is 10.8 Å². The molecule has 0 N–H and O–H groups in total. The van der Waals surface area contributed by atoms with Gasteiger partial charge in [0.15, 0.2) is 11.5 Å². The third kappa shape index (κ3) is 4.08. The summed E-state index contributed by atoms with van der Waals surface area (Å²) in [5.41, 5.74) is -0.181. The molecule has 3 aromatic rings. The number of aromatic nitrogens is 2. The fourth-order valence-corrected chi connectivity index (χ4v) is 2.59. The van der Waals surface area contributed by atoms with Crippen molar-refractivity contribution in [1.82, 2.24) is 9.78 Å². The standard InChI is InChI=1S/C20H20N2O5/c1-3-18(23)27-19-16(25-2)9-6-10-17(19)26-12-11-22-20(24)15-8-5-4-7-14(15)13-21-22/h4-10,13H,3,11-12H2,1-2H3. The van der Waals surface area contributed by atoms with Crippen molar-refractivity contribution >= 4 is 16.7 Å². The molecule has 0 atom stereocenters. The van der Waals surface area contributed by atoms with Crippen LogP contribution in [0.3, 0.4) is 0 Å². The second kappa shape index (κ2) is 8.35. The van der Waals surface area contributed by atoms with Crippen molar-refractivity contribution in [3.05, 3.63) is 59.0 Å². The molecule has 0 saturated heterocycles. The van der Waals surface area contributed by atoms with Gasteiger partial charge < -0.3 is 14.2 Å². The van der Waals surface area contributed by atoms with Gasteiger partial charge in [-0.05, 0) is 18.2 Å². The van der Waals surface area contributed by atoms with Gasteiger partial charge in [0, 0.05) is 11.8 Å². The predicted octanol–water partition coefficient (Wildman–Crippen LogP) is 2.80. The minimum Gasteiger partial charge on any atom is -0.493 e. The van der Waals surface area contributed by atoms with Crippen LogP contribution in [0, 0.1) is 0 Å². The highest BCUT2D eigenvalue weighted by atomic mass is 16.6. The zero-order chi connectivity index (χ0) is 19.2. The summed E-state index contributed by atoms with van der Waals surface area (Å²) < 4.78 is 17.7. The van der Waals surface area contributed by atoms with Crippen molar-refractivity contribution < 1.29 is 19.0 Å². The number of ether oxygens (including phenoxy) is 3. The van der Waals surface area contributed by atoms with Gasteiger partial charge in [-0.3, -0.25) is 9.59 Å². The van der Waals surface area contributed by atoms with Gasteiger partial charge >= 0.3 is 5.97 Å². The molecule has 0 bridgehead atoms. The molecule has 0 aliphatic rings. The smallest absolute Gasteiger partial charge is 0.311 e. The lowest BCUT2D eigenvalue weighted by atomic mass is 10.2. The van der Waals surface area contributed by atoms with Gasteiger partial charge in [-0.25, -0.2) is 4.68 Å². The molecule has 0 unspecified atom stereocenters. The molecule has 140 valence electrons. The lowest BCUT2D eigenvalue weighted by Crippen LogP contribution is -2.25. The third-order valence-corrected chi connectivity index (χ3v) is 3.99. The Kier molecular flexibility index (Phi) is 5.71. The van der Waals surface area contributed by atoms with Gasteiger partial charge in [-0.15, -0.1) is 0 Å². The first-order chi connectivity index (χ1) is 13.1. The van der Waals surface area contributed by atoms with E-state index in [1.165, 1.54) is 11.8 Å². The van der Waals surface area contributed by atoms with Crippen LogP contribution in [-0.4, -0.2) is 29.5 Å². The van der Waals surface area contributed by atoms with Crippen LogP contribution < -0.4 is 19.8 Å². The van der Waals surface area contributed by atoms with Crippen molar-refractivity contribution in [3.8, 4) is 17.2 Å². The Balaban J connectivity index is 1.77. The summed E-state index contributed by atoms with van der Waals surface area (Å²) >= 11 is 0.